The van der Waals surface area contributed by atoms with Crippen molar-refractivity contribution in [2.45, 2.75) is 20.8 Å². The quantitative estimate of drug-likeness (QED) is 0.239. The predicted molar refractivity (Wildman–Crippen MR) is 140 cm³/mol. The van der Waals surface area contributed by atoms with Crippen molar-refractivity contribution in [1.29, 1.82) is 0 Å². The van der Waals surface area contributed by atoms with Gasteiger partial charge in [-0.3, -0.25) is 9.59 Å². The van der Waals surface area contributed by atoms with Crippen LogP contribution in [0, 0.1) is 30.2 Å². The second kappa shape index (κ2) is 12.2. The van der Waals surface area contributed by atoms with Crippen LogP contribution in [0.2, 0.25) is 0 Å². The second-order valence-corrected chi connectivity index (χ2v) is 8.53. The van der Waals surface area contributed by atoms with Crippen molar-refractivity contribution in [1.82, 2.24) is 19.7 Å². The highest BCUT2D eigenvalue weighted by Gasteiger charge is 2.12. The minimum Gasteiger partial charge on any atom is -0.436 e. The lowest BCUT2D eigenvalue weighted by Crippen LogP contribution is -2.07. The summed E-state index contributed by atoms with van der Waals surface area (Å²) in [6.07, 6.45) is 4.44. The lowest BCUT2D eigenvalue weighted by molar-refractivity contribution is -0.114. The number of carbonyl (C=O) groups is 2. The molecule has 210 valence electrons. The zero-order chi connectivity index (χ0) is 29.7. The number of anilines is 1. The smallest absolute Gasteiger partial charge is 0.244 e. The van der Waals surface area contributed by atoms with Gasteiger partial charge in [0, 0.05) is 55.9 Å². The van der Waals surface area contributed by atoms with Crippen molar-refractivity contribution >= 4 is 28.4 Å². The number of rotatable bonds is 5. The Hall–Kier alpha value is -5.33. The van der Waals surface area contributed by atoms with E-state index in [1.165, 1.54) is 61.4 Å². The molecule has 5 aromatic rings. The Kier molecular flexibility index (Phi) is 8.56. The van der Waals surface area contributed by atoms with Crippen LogP contribution in [0.15, 0.2) is 67.1 Å². The first-order valence-corrected chi connectivity index (χ1v) is 11.8. The van der Waals surface area contributed by atoms with Crippen molar-refractivity contribution in [3.8, 4) is 23.3 Å². The van der Waals surface area contributed by atoms with E-state index in [9.17, 15) is 27.2 Å². The average Bonchev–Trinajstić information content (AvgIpc) is 3.33. The van der Waals surface area contributed by atoms with E-state index >= 15 is 0 Å². The Labute approximate surface area is 230 Å². The number of fused-ring (bicyclic) bond motifs is 1. The number of benzene rings is 2. The zero-order valence-corrected chi connectivity index (χ0v) is 21.8. The maximum Gasteiger partial charge on any atom is 0.244 e. The fraction of sp³-hybridized carbons (Fsp3) is 0.107. The monoisotopic (exact) mass is 567 g/mol. The third kappa shape index (κ3) is 7.20. The van der Waals surface area contributed by atoms with E-state index in [-0.39, 0.29) is 35.1 Å². The molecule has 3 heterocycles. The van der Waals surface area contributed by atoms with Crippen LogP contribution in [-0.4, -0.2) is 31.6 Å². The Morgan fingerprint density at radius 2 is 1.34 bits per heavy atom. The molecule has 13 heteroatoms. The highest BCUT2D eigenvalue weighted by atomic mass is 19.1. The molecule has 0 fully saturated rings. The van der Waals surface area contributed by atoms with Gasteiger partial charge < -0.3 is 14.8 Å². The van der Waals surface area contributed by atoms with E-state index in [0.29, 0.717) is 22.7 Å². The van der Waals surface area contributed by atoms with Crippen LogP contribution in [0.5, 0.6) is 23.3 Å². The van der Waals surface area contributed by atoms with Gasteiger partial charge in [-0.15, -0.1) is 0 Å². The normalized spacial score (nSPS) is 10.5. The van der Waals surface area contributed by atoms with Gasteiger partial charge in [-0.25, -0.2) is 32.2 Å². The van der Waals surface area contributed by atoms with E-state index in [0.717, 1.165) is 23.8 Å². The predicted octanol–water partition coefficient (Wildman–Crippen LogP) is 6.58. The molecule has 0 atom stereocenters. The highest BCUT2D eigenvalue weighted by molar-refractivity contribution is 5.90. The fourth-order valence-electron chi connectivity index (χ4n) is 3.43. The fourth-order valence-corrected chi connectivity index (χ4v) is 3.43. The van der Waals surface area contributed by atoms with Crippen molar-refractivity contribution in [3.05, 3.63) is 96.0 Å². The molecule has 1 amide bonds. The SMILES string of the molecule is CC(=O)Nc1cc(Oc2ccc(F)cc2F)ncc1C.CC(=O)n1ncc2cnc(Oc3ccc(F)cc3F)cc21. The van der Waals surface area contributed by atoms with Gasteiger partial charge in [-0.1, -0.05) is 0 Å². The molecule has 0 saturated carbocycles. The Balaban J connectivity index is 0.000000189. The highest BCUT2D eigenvalue weighted by Crippen LogP contribution is 2.27. The van der Waals surface area contributed by atoms with E-state index in [2.05, 4.69) is 20.4 Å². The van der Waals surface area contributed by atoms with Crippen LogP contribution in [0.3, 0.4) is 0 Å². The van der Waals surface area contributed by atoms with E-state index in [4.69, 9.17) is 9.47 Å². The number of halogens is 4. The van der Waals surface area contributed by atoms with Crippen LogP contribution in [-0.2, 0) is 4.79 Å². The first-order valence-electron chi connectivity index (χ1n) is 11.8. The lowest BCUT2D eigenvalue weighted by Gasteiger charge is -2.10. The Bertz CT molecular complexity index is 1760. The molecule has 0 bridgehead atoms. The van der Waals surface area contributed by atoms with Crippen LogP contribution >= 0.6 is 0 Å². The summed E-state index contributed by atoms with van der Waals surface area (Å²) in [7, 11) is 0. The number of carbonyl (C=O) groups excluding carboxylic acids is 2. The van der Waals surface area contributed by atoms with Crippen molar-refractivity contribution in [3.63, 3.8) is 0 Å². The molecule has 0 radical (unpaired) electrons. The maximum absolute atomic E-state index is 13.5. The van der Waals surface area contributed by atoms with Gasteiger partial charge in [0.25, 0.3) is 0 Å². The van der Waals surface area contributed by atoms with E-state index < -0.39 is 23.3 Å². The van der Waals surface area contributed by atoms with E-state index in [1.807, 2.05) is 0 Å². The molecule has 3 aromatic heterocycles. The third-order valence-corrected chi connectivity index (χ3v) is 5.33. The van der Waals surface area contributed by atoms with E-state index in [1.54, 1.807) is 6.92 Å². The number of hydrogen-bond acceptors (Lipinski definition) is 7. The summed E-state index contributed by atoms with van der Waals surface area (Å²) in [5.41, 5.74) is 1.76. The average molecular weight is 567 g/mol. The summed E-state index contributed by atoms with van der Waals surface area (Å²) in [6.45, 7) is 4.51. The summed E-state index contributed by atoms with van der Waals surface area (Å²) in [5.74, 6) is -3.67. The zero-order valence-electron chi connectivity index (χ0n) is 21.8. The summed E-state index contributed by atoms with van der Waals surface area (Å²) < 4.78 is 64.3. The van der Waals surface area contributed by atoms with Gasteiger partial charge in [-0.2, -0.15) is 5.10 Å². The van der Waals surface area contributed by atoms with Crippen molar-refractivity contribution < 1.29 is 36.6 Å². The minimum absolute atomic E-state index is 0.0796. The van der Waals surface area contributed by atoms with Gasteiger partial charge in [0.05, 0.1) is 17.4 Å². The Morgan fingerprint density at radius 1 is 0.780 bits per heavy atom. The summed E-state index contributed by atoms with van der Waals surface area (Å²) in [5, 5.41) is 7.18. The molecular weight excluding hydrogens is 546 g/mol. The minimum atomic E-state index is -0.836. The number of aromatic nitrogens is 4. The molecule has 1 N–H and O–H groups in total. The first kappa shape index (κ1) is 28.7. The largest absolute Gasteiger partial charge is 0.436 e. The molecule has 0 aliphatic carbocycles. The molecule has 0 unspecified atom stereocenters. The van der Waals surface area contributed by atoms with Crippen LogP contribution < -0.4 is 14.8 Å². The maximum atomic E-state index is 13.5. The molecule has 0 aliphatic rings. The van der Waals surface area contributed by atoms with Crippen LogP contribution in [0.25, 0.3) is 10.9 Å². The molecule has 2 aromatic carbocycles. The molecule has 41 heavy (non-hydrogen) atoms. The third-order valence-electron chi connectivity index (χ3n) is 5.33. The van der Waals surface area contributed by atoms with Gasteiger partial charge in [-0.05, 0) is 36.8 Å². The number of nitrogens with one attached hydrogen (secondary N) is 1. The Morgan fingerprint density at radius 3 is 1.88 bits per heavy atom. The van der Waals surface area contributed by atoms with Gasteiger partial charge in [0.2, 0.25) is 23.6 Å². The van der Waals surface area contributed by atoms with Crippen molar-refractivity contribution in [2.75, 3.05) is 5.32 Å². The summed E-state index contributed by atoms with van der Waals surface area (Å²) in [4.78, 5) is 30.4. The number of pyridine rings is 2. The van der Waals surface area contributed by atoms with Crippen molar-refractivity contribution in [2.24, 2.45) is 0 Å². The molecular formula is C28H21F4N5O4. The second-order valence-electron chi connectivity index (χ2n) is 8.53. The number of amides is 1. The number of nitrogens with zero attached hydrogens (tertiary/aromatic N) is 4. The van der Waals surface area contributed by atoms with Gasteiger partial charge in [0.15, 0.2) is 23.1 Å². The number of aryl methyl sites for hydroxylation is 1. The molecule has 9 nitrogen and oxygen atoms in total. The molecule has 0 spiro atoms. The van der Waals surface area contributed by atoms with Gasteiger partial charge >= 0.3 is 0 Å². The molecule has 5 rings (SSSR count). The lowest BCUT2D eigenvalue weighted by atomic mass is 10.2. The molecule has 0 aliphatic heterocycles. The van der Waals surface area contributed by atoms with Gasteiger partial charge in [0.1, 0.15) is 11.6 Å². The van der Waals surface area contributed by atoms with Crippen LogP contribution in [0.4, 0.5) is 23.2 Å². The van der Waals surface area contributed by atoms with Crippen LogP contribution in [0.1, 0.15) is 24.2 Å². The summed E-state index contributed by atoms with van der Waals surface area (Å²) in [6, 6.07) is 8.87. The number of ether oxygens (including phenoxy) is 2. The number of hydrogen-bond donors (Lipinski definition) is 1. The molecule has 0 saturated heterocycles. The first-order chi connectivity index (χ1) is 19.5. The summed E-state index contributed by atoms with van der Waals surface area (Å²) >= 11 is 0. The standard InChI is InChI=1S/C14H9F2N3O2.C14H12F2N2O2/c1-8(20)19-12-5-14(17-6-9(12)7-18-19)21-13-3-2-10(15)4-11(13)16;1-8-7-17-14(6-12(8)18-9(2)19)20-13-4-3-10(15)5-11(13)16/h2-7H,1H3;3-7H,1-2H3,(H,17,18,19). The topological polar surface area (TPSA) is 108 Å².